The van der Waals surface area contributed by atoms with Crippen LogP contribution in [0.25, 0.3) is 0 Å². The van der Waals surface area contributed by atoms with E-state index in [0.29, 0.717) is 6.04 Å². The first-order valence-electron chi connectivity index (χ1n) is 6.73. The first kappa shape index (κ1) is 14.1. The highest BCUT2D eigenvalue weighted by molar-refractivity contribution is 6.30. The maximum Gasteiger partial charge on any atom is 0.0406 e. The highest BCUT2D eigenvalue weighted by Gasteiger charge is 2.08. The van der Waals surface area contributed by atoms with Crippen molar-refractivity contribution in [2.75, 3.05) is 0 Å². The predicted molar refractivity (Wildman–Crippen MR) is 82.5 cm³/mol. The highest BCUT2D eigenvalue weighted by Crippen LogP contribution is 2.19. The van der Waals surface area contributed by atoms with Crippen LogP contribution in [0.5, 0.6) is 0 Å². The zero-order chi connectivity index (χ0) is 13.7. The van der Waals surface area contributed by atoms with Gasteiger partial charge in [-0.3, -0.25) is 0 Å². The van der Waals surface area contributed by atoms with Crippen LogP contribution in [0.2, 0.25) is 5.02 Å². The highest BCUT2D eigenvalue weighted by atomic mass is 35.5. The minimum atomic E-state index is 0.374. The fourth-order valence-electron chi connectivity index (χ4n) is 2.14. The van der Waals surface area contributed by atoms with Crippen molar-refractivity contribution in [1.82, 2.24) is 5.32 Å². The van der Waals surface area contributed by atoms with Gasteiger partial charge in [0.05, 0.1) is 0 Å². The first-order chi connectivity index (χ1) is 9.19. The Bertz CT molecular complexity index is 502. The molecule has 0 saturated heterocycles. The van der Waals surface area contributed by atoms with Gasteiger partial charge in [0.25, 0.3) is 0 Å². The van der Waals surface area contributed by atoms with E-state index in [1.165, 1.54) is 16.7 Å². The maximum absolute atomic E-state index is 5.93. The fraction of sp³-hybridized carbons (Fsp3) is 0.294. The van der Waals surface area contributed by atoms with Crippen LogP contribution in [0.3, 0.4) is 0 Å². The number of halogens is 1. The molecule has 0 bridgehead atoms. The lowest BCUT2D eigenvalue weighted by Crippen LogP contribution is -2.20. The van der Waals surface area contributed by atoms with E-state index in [2.05, 4.69) is 55.6 Å². The molecule has 0 fully saturated rings. The second-order valence-electron chi connectivity index (χ2n) is 4.88. The van der Waals surface area contributed by atoms with E-state index in [1.807, 2.05) is 12.1 Å². The van der Waals surface area contributed by atoms with Gasteiger partial charge in [-0.25, -0.2) is 0 Å². The van der Waals surface area contributed by atoms with Crippen molar-refractivity contribution in [3.8, 4) is 0 Å². The molecule has 100 valence electrons. The van der Waals surface area contributed by atoms with Gasteiger partial charge in [0.2, 0.25) is 0 Å². The molecule has 0 radical (unpaired) electrons. The average Bonchev–Trinajstić information content (AvgIpc) is 2.43. The van der Waals surface area contributed by atoms with Gasteiger partial charge in [-0.1, -0.05) is 60.5 Å². The zero-order valence-electron chi connectivity index (χ0n) is 11.5. The first-order valence-corrected chi connectivity index (χ1v) is 7.11. The Hall–Kier alpha value is -1.31. The van der Waals surface area contributed by atoms with Crippen molar-refractivity contribution >= 4 is 11.6 Å². The summed E-state index contributed by atoms with van der Waals surface area (Å²) in [6.07, 6.45) is 1.06. The molecule has 0 aliphatic rings. The molecule has 1 atom stereocenters. The average molecular weight is 274 g/mol. The summed E-state index contributed by atoms with van der Waals surface area (Å²) in [5, 5.41) is 4.39. The lowest BCUT2D eigenvalue weighted by atomic mass is 10.0. The Morgan fingerprint density at radius 2 is 1.63 bits per heavy atom. The Labute approximate surface area is 120 Å². The summed E-state index contributed by atoms with van der Waals surface area (Å²) in [6, 6.07) is 17.1. The Morgan fingerprint density at radius 1 is 1.00 bits per heavy atom. The minimum Gasteiger partial charge on any atom is -0.306 e. The maximum atomic E-state index is 5.93. The largest absolute Gasteiger partial charge is 0.306 e. The van der Waals surface area contributed by atoms with Crippen LogP contribution in [-0.4, -0.2) is 0 Å². The summed E-state index contributed by atoms with van der Waals surface area (Å²) < 4.78 is 0. The van der Waals surface area contributed by atoms with Crippen molar-refractivity contribution in [1.29, 1.82) is 0 Å². The number of hydrogen-bond donors (Lipinski definition) is 1. The predicted octanol–water partition coefficient (Wildman–Crippen LogP) is 4.89. The van der Waals surface area contributed by atoms with Crippen LogP contribution >= 0.6 is 11.6 Å². The third-order valence-corrected chi connectivity index (χ3v) is 3.61. The summed E-state index contributed by atoms with van der Waals surface area (Å²) in [5.41, 5.74) is 3.91. The van der Waals surface area contributed by atoms with E-state index in [1.54, 1.807) is 0 Å². The van der Waals surface area contributed by atoms with Crippen molar-refractivity contribution in [2.45, 2.75) is 32.9 Å². The molecule has 0 amide bonds. The fourth-order valence-corrected chi connectivity index (χ4v) is 2.27. The van der Waals surface area contributed by atoms with E-state index in [9.17, 15) is 0 Å². The van der Waals surface area contributed by atoms with Crippen LogP contribution in [0.15, 0.2) is 48.5 Å². The number of aryl methyl sites for hydroxylation is 1. The molecule has 0 spiro atoms. The number of hydrogen-bond acceptors (Lipinski definition) is 1. The normalized spacial score (nSPS) is 12.4. The molecule has 1 unspecified atom stereocenters. The SMILES string of the molecule is CCC(NCc1ccc(C)cc1)c1ccc(Cl)cc1. The molecule has 0 saturated carbocycles. The topological polar surface area (TPSA) is 12.0 Å². The second kappa shape index (κ2) is 6.74. The summed E-state index contributed by atoms with van der Waals surface area (Å²) in [6.45, 7) is 5.20. The second-order valence-corrected chi connectivity index (χ2v) is 5.32. The van der Waals surface area contributed by atoms with Crippen molar-refractivity contribution in [3.63, 3.8) is 0 Å². The van der Waals surface area contributed by atoms with E-state index in [-0.39, 0.29) is 0 Å². The van der Waals surface area contributed by atoms with E-state index >= 15 is 0 Å². The third-order valence-electron chi connectivity index (χ3n) is 3.35. The molecule has 2 heteroatoms. The smallest absolute Gasteiger partial charge is 0.0406 e. The van der Waals surface area contributed by atoms with Crippen LogP contribution in [0.4, 0.5) is 0 Å². The van der Waals surface area contributed by atoms with Crippen LogP contribution in [0, 0.1) is 6.92 Å². The molecule has 2 aromatic carbocycles. The van der Waals surface area contributed by atoms with E-state index in [4.69, 9.17) is 11.6 Å². The standard InChI is InChI=1S/C17H20ClN/c1-3-17(15-8-10-16(18)11-9-15)19-12-14-6-4-13(2)5-7-14/h4-11,17,19H,3,12H2,1-2H3. The lowest BCUT2D eigenvalue weighted by molar-refractivity contribution is 0.519. The molecular formula is C17H20ClN. The molecule has 0 aliphatic heterocycles. The molecule has 1 N–H and O–H groups in total. The van der Waals surface area contributed by atoms with Crippen molar-refractivity contribution in [2.24, 2.45) is 0 Å². The summed E-state index contributed by atoms with van der Waals surface area (Å²) in [4.78, 5) is 0. The van der Waals surface area contributed by atoms with Gasteiger partial charge < -0.3 is 5.32 Å². The van der Waals surface area contributed by atoms with Gasteiger partial charge in [-0.2, -0.15) is 0 Å². The van der Waals surface area contributed by atoms with Crippen LogP contribution < -0.4 is 5.32 Å². The van der Waals surface area contributed by atoms with Crippen LogP contribution in [0.1, 0.15) is 36.1 Å². The number of benzene rings is 2. The molecule has 2 aromatic rings. The van der Waals surface area contributed by atoms with Gasteiger partial charge >= 0.3 is 0 Å². The molecule has 0 heterocycles. The molecule has 1 nitrogen and oxygen atoms in total. The van der Waals surface area contributed by atoms with Gasteiger partial charge in [-0.15, -0.1) is 0 Å². The van der Waals surface area contributed by atoms with Gasteiger partial charge in [0, 0.05) is 17.6 Å². The molecule has 0 aliphatic carbocycles. The summed E-state index contributed by atoms with van der Waals surface area (Å²) >= 11 is 5.93. The van der Waals surface area contributed by atoms with Crippen molar-refractivity contribution < 1.29 is 0 Å². The number of rotatable bonds is 5. The summed E-state index contributed by atoms with van der Waals surface area (Å²) in [7, 11) is 0. The molecule has 2 rings (SSSR count). The van der Waals surface area contributed by atoms with Crippen molar-refractivity contribution in [3.05, 3.63) is 70.2 Å². The molecular weight excluding hydrogens is 254 g/mol. The van der Waals surface area contributed by atoms with E-state index in [0.717, 1.165) is 18.0 Å². The Morgan fingerprint density at radius 3 is 2.21 bits per heavy atom. The Balaban J connectivity index is 1.99. The van der Waals surface area contributed by atoms with Gasteiger partial charge in [0.1, 0.15) is 0 Å². The van der Waals surface area contributed by atoms with Gasteiger partial charge in [0.15, 0.2) is 0 Å². The molecule has 19 heavy (non-hydrogen) atoms. The van der Waals surface area contributed by atoms with Gasteiger partial charge in [-0.05, 0) is 36.6 Å². The summed E-state index contributed by atoms with van der Waals surface area (Å²) in [5.74, 6) is 0. The third kappa shape index (κ3) is 4.09. The minimum absolute atomic E-state index is 0.374. The molecule has 0 aromatic heterocycles. The lowest BCUT2D eigenvalue weighted by Gasteiger charge is -2.17. The Kier molecular flexibility index (Phi) is 5.00. The zero-order valence-corrected chi connectivity index (χ0v) is 12.2. The monoisotopic (exact) mass is 273 g/mol. The quantitative estimate of drug-likeness (QED) is 0.818. The van der Waals surface area contributed by atoms with Crippen LogP contribution in [-0.2, 0) is 6.54 Å². The van der Waals surface area contributed by atoms with E-state index < -0.39 is 0 Å². The number of nitrogens with one attached hydrogen (secondary N) is 1.